The van der Waals surface area contributed by atoms with Crippen LogP contribution in [0.15, 0.2) is 54.6 Å². The zero-order chi connectivity index (χ0) is 26.9. The van der Waals surface area contributed by atoms with Crippen LogP contribution in [0.25, 0.3) is 11.1 Å². The van der Waals surface area contributed by atoms with Gasteiger partial charge in [0.15, 0.2) is 5.60 Å². The Morgan fingerprint density at radius 2 is 1.95 bits per heavy atom. The summed E-state index contributed by atoms with van der Waals surface area (Å²) in [6, 6.07) is 17.7. The molecular formula is C29H30Cl2N2O5. The number of rotatable bonds is 9. The molecule has 2 aliphatic rings. The summed E-state index contributed by atoms with van der Waals surface area (Å²) < 4.78 is 17.9. The molecule has 0 radical (unpaired) electrons. The Morgan fingerprint density at radius 1 is 1.16 bits per heavy atom. The fourth-order valence-electron chi connectivity index (χ4n) is 5.09. The lowest BCUT2D eigenvalue weighted by atomic mass is 9.89. The van der Waals surface area contributed by atoms with Crippen molar-refractivity contribution in [3.63, 3.8) is 0 Å². The largest absolute Gasteiger partial charge is 0.496 e. The molecule has 1 atom stereocenters. The first-order valence-electron chi connectivity index (χ1n) is 12.5. The van der Waals surface area contributed by atoms with Gasteiger partial charge in [-0.25, -0.2) is 0 Å². The summed E-state index contributed by atoms with van der Waals surface area (Å²) in [7, 11) is 3.45. The quantitative estimate of drug-likeness (QED) is 0.338. The standard InChI is InChI=1S/C29H30Cl2N2O5/c1-32-24-8-4-7-22(27(24)31)18-5-3-6-21(11-18)29(16-37-17-29)38-26-13-25(36-2)20(12-23(26)30)15-33-10-9-19(14-33)28(34)35/h3-8,11-13,19,32H,9-10,14-17H2,1-2H3,(H,34,35). The van der Waals surface area contributed by atoms with Crippen LogP contribution < -0.4 is 14.8 Å². The van der Waals surface area contributed by atoms with E-state index in [1.54, 1.807) is 13.2 Å². The molecule has 3 aromatic rings. The lowest BCUT2D eigenvalue weighted by Crippen LogP contribution is -2.51. The molecule has 2 saturated heterocycles. The van der Waals surface area contributed by atoms with Gasteiger partial charge >= 0.3 is 5.97 Å². The van der Waals surface area contributed by atoms with Gasteiger partial charge in [-0.3, -0.25) is 9.69 Å². The van der Waals surface area contributed by atoms with Crippen LogP contribution >= 0.6 is 23.2 Å². The Hall–Kier alpha value is -2.97. The Labute approximate surface area is 232 Å². The van der Waals surface area contributed by atoms with Gasteiger partial charge in [0.1, 0.15) is 11.5 Å². The highest BCUT2D eigenvalue weighted by Crippen LogP contribution is 2.42. The molecule has 2 fully saturated rings. The van der Waals surface area contributed by atoms with Crippen molar-refractivity contribution in [1.82, 2.24) is 4.90 Å². The average Bonchev–Trinajstić information content (AvgIpc) is 3.36. The highest BCUT2D eigenvalue weighted by atomic mass is 35.5. The summed E-state index contributed by atoms with van der Waals surface area (Å²) in [5.74, 6) is 0.0447. The number of nitrogens with one attached hydrogen (secondary N) is 1. The lowest BCUT2D eigenvalue weighted by Gasteiger charge is -2.42. The van der Waals surface area contributed by atoms with Crippen molar-refractivity contribution in [3.8, 4) is 22.6 Å². The number of benzene rings is 3. The molecule has 38 heavy (non-hydrogen) atoms. The van der Waals surface area contributed by atoms with Gasteiger partial charge in [0, 0.05) is 42.9 Å². The molecule has 0 aliphatic carbocycles. The van der Waals surface area contributed by atoms with Crippen LogP contribution in [0, 0.1) is 5.92 Å². The van der Waals surface area contributed by atoms with Gasteiger partial charge in [-0.15, -0.1) is 0 Å². The predicted octanol–water partition coefficient (Wildman–Crippen LogP) is 5.92. The Bertz CT molecular complexity index is 1340. The fraction of sp³-hybridized carbons (Fsp3) is 0.345. The van der Waals surface area contributed by atoms with E-state index < -0.39 is 11.6 Å². The molecular weight excluding hydrogens is 527 g/mol. The number of hydrogen-bond donors (Lipinski definition) is 2. The highest BCUT2D eigenvalue weighted by molar-refractivity contribution is 6.36. The van der Waals surface area contributed by atoms with E-state index in [0.717, 1.165) is 27.9 Å². The van der Waals surface area contributed by atoms with Gasteiger partial charge in [-0.05, 0) is 36.7 Å². The first-order valence-corrected chi connectivity index (χ1v) is 13.2. The van der Waals surface area contributed by atoms with Crippen molar-refractivity contribution in [1.29, 1.82) is 0 Å². The van der Waals surface area contributed by atoms with Crippen LogP contribution in [0.1, 0.15) is 17.5 Å². The predicted molar refractivity (Wildman–Crippen MR) is 149 cm³/mol. The summed E-state index contributed by atoms with van der Waals surface area (Å²) in [4.78, 5) is 13.4. The molecule has 2 heterocycles. The van der Waals surface area contributed by atoms with Gasteiger partial charge in [-0.2, -0.15) is 0 Å². The highest BCUT2D eigenvalue weighted by Gasteiger charge is 2.44. The third kappa shape index (κ3) is 5.16. The number of aliphatic carboxylic acids is 1. The van der Waals surface area contributed by atoms with Crippen LogP contribution in [0.3, 0.4) is 0 Å². The summed E-state index contributed by atoms with van der Waals surface area (Å²) in [5.41, 5.74) is 3.90. The number of halogens is 2. The molecule has 2 N–H and O–H groups in total. The van der Waals surface area contributed by atoms with E-state index in [1.165, 1.54) is 0 Å². The molecule has 9 heteroatoms. The van der Waals surface area contributed by atoms with Crippen molar-refractivity contribution in [2.75, 3.05) is 45.8 Å². The van der Waals surface area contributed by atoms with E-state index in [4.69, 9.17) is 37.4 Å². The van der Waals surface area contributed by atoms with Gasteiger partial charge in [0.05, 0.1) is 42.0 Å². The molecule has 7 nitrogen and oxygen atoms in total. The number of carboxylic acid groups (broad SMARTS) is 1. The van der Waals surface area contributed by atoms with Crippen molar-refractivity contribution in [2.45, 2.75) is 18.6 Å². The van der Waals surface area contributed by atoms with E-state index in [2.05, 4.69) is 16.3 Å². The number of hydrogen-bond acceptors (Lipinski definition) is 6. The van der Waals surface area contributed by atoms with E-state index in [0.29, 0.717) is 60.8 Å². The minimum absolute atomic E-state index is 0.344. The van der Waals surface area contributed by atoms with E-state index in [9.17, 15) is 9.90 Å². The van der Waals surface area contributed by atoms with E-state index in [1.807, 2.05) is 49.5 Å². The number of carbonyl (C=O) groups is 1. The SMILES string of the molecule is CNc1cccc(-c2cccc(C3(Oc4cc(OC)c(CN5CCC(C(=O)O)C5)cc4Cl)COC3)c2)c1Cl. The summed E-state index contributed by atoms with van der Waals surface area (Å²) >= 11 is 13.4. The van der Waals surface area contributed by atoms with Crippen LogP contribution in [0.2, 0.25) is 10.0 Å². The molecule has 0 aromatic heterocycles. The monoisotopic (exact) mass is 556 g/mol. The first kappa shape index (κ1) is 26.6. The topological polar surface area (TPSA) is 80.3 Å². The number of carboxylic acids is 1. The van der Waals surface area contributed by atoms with Gasteiger partial charge in [0.2, 0.25) is 0 Å². The second-order valence-corrected chi connectivity index (χ2v) is 10.5. The fourth-order valence-corrected chi connectivity index (χ4v) is 5.64. The smallest absolute Gasteiger partial charge is 0.307 e. The molecule has 0 amide bonds. The van der Waals surface area contributed by atoms with Crippen LogP contribution in [0.5, 0.6) is 11.5 Å². The summed E-state index contributed by atoms with van der Waals surface area (Å²) in [6.07, 6.45) is 0.638. The molecule has 5 rings (SSSR count). The van der Waals surface area contributed by atoms with Gasteiger partial charge in [0.25, 0.3) is 0 Å². The normalized spacial score (nSPS) is 18.6. The second-order valence-electron chi connectivity index (χ2n) is 9.74. The van der Waals surface area contributed by atoms with E-state index >= 15 is 0 Å². The summed E-state index contributed by atoms with van der Waals surface area (Å²) in [5, 5.41) is 13.6. The zero-order valence-electron chi connectivity index (χ0n) is 21.3. The van der Waals surface area contributed by atoms with Crippen LogP contribution in [-0.2, 0) is 21.7 Å². The van der Waals surface area contributed by atoms with Crippen molar-refractivity contribution in [2.24, 2.45) is 5.92 Å². The minimum atomic E-state index is -0.754. The van der Waals surface area contributed by atoms with Crippen molar-refractivity contribution < 1.29 is 24.1 Å². The molecule has 200 valence electrons. The molecule has 0 saturated carbocycles. The van der Waals surface area contributed by atoms with E-state index in [-0.39, 0.29) is 5.92 Å². The van der Waals surface area contributed by atoms with Crippen LogP contribution in [-0.4, -0.2) is 56.4 Å². The zero-order valence-corrected chi connectivity index (χ0v) is 22.8. The van der Waals surface area contributed by atoms with Gasteiger partial charge < -0.3 is 24.6 Å². The number of likely N-dealkylation sites (tertiary alicyclic amines) is 1. The van der Waals surface area contributed by atoms with Crippen molar-refractivity contribution >= 4 is 34.9 Å². The summed E-state index contributed by atoms with van der Waals surface area (Å²) in [6.45, 7) is 2.53. The molecule has 1 unspecified atom stereocenters. The lowest BCUT2D eigenvalue weighted by molar-refractivity contribution is -0.167. The van der Waals surface area contributed by atoms with Gasteiger partial charge in [-0.1, -0.05) is 53.5 Å². The first-order chi connectivity index (χ1) is 18.3. The second kappa shape index (κ2) is 11.0. The average molecular weight is 557 g/mol. The Balaban J connectivity index is 1.41. The maximum atomic E-state index is 11.3. The Morgan fingerprint density at radius 3 is 2.61 bits per heavy atom. The molecule has 3 aromatic carbocycles. The van der Waals surface area contributed by atoms with Crippen LogP contribution in [0.4, 0.5) is 5.69 Å². The Kier molecular flexibility index (Phi) is 7.73. The third-order valence-electron chi connectivity index (χ3n) is 7.29. The third-order valence-corrected chi connectivity index (χ3v) is 8.00. The number of nitrogens with zero attached hydrogens (tertiary/aromatic N) is 1. The maximum Gasteiger partial charge on any atom is 0.307 e. The van der Waals surface area contributed by atoms with Crippen molar-refractivity contribution in [3.05, 3.63) is 75.8 Å². The number of methoxy groups -OCH3 is 1. The number of anilines is 1. The maximum absolute atomic E-state index is 11.3. The number of ether oxygens (including phenoxy) is 3. The molecule has 0 bridgehead atoms. The molecule has 2 aliphatic heterocycles. The minimum Gasteiger partial charge on any atom is -0.496 e. The molecule has 0 spiro atoms.